The van der Waals surface area contributed by atoms with Crippen LogP contribution in [0.3, 0.4) is 0 Å². The Labute approximate surface area is 167 Å². The van der Waals surface area contributed by atoms with Crippen LogP contribution in [0.25, 0.3) is 0 Å². The smallest absolute Gasteiger partial charge is 0.254 e. The molecule has 26 heavy (non-hydrogen) atoms. The van der Waals surface area contributed by atoms with E-state index in [1.807, 2.05) is 6.92 Å². The van der Waals surface area contributed by atoms with Crippen LogP contribution in [-0.4, -0.2) is 34.8 Å². The molecule has 1 heterocycles. The van der Waals surface area contributed by atoms with Crippen molar-refractivity contribution < 1.29 is 9.59 Å². The highest BCUT2D eigenvalue weighted by Crippen LogP contribution is 2.21. The molecule has 0 saturated carbocycles. The number of amides is 2. The summed E-state index contributed by atoms with van der Waals surface area (Å²) in [4.78, 5) is 31.8. The molecule has 0 unspecified atom stereocenters. The van der Waals surface area contributed by atoms with Crippen molar-refractivity contribution in [2.45, 2.75) is 33.1 Å². The monoisotopic (exact) mass is 413 g/mol. The number of thiazole rings is 1. The average Bonchev–Trinajstić information content (AvgIpc) is 2.97. The molecule has 0 aliphatic heterocycles. The number of rotatable bonds is 8. The van der Waals surface area contributed by atoms with Crippen LogP contribution in [0.1, 0.15) is 41.4 Å². The molecule has 0 saturated heterocycles. The summed E-state index contributed by atoms with van der Waals surface area (Å²) >= 11 is 13.4. The van der Waals surface area contributed by atoms with E-state index >= 15 is 0 Å². The highest BCUT2D eigenvalue weighted by Gasteiger charge is 2.20. The molecule has 1 aromatic heterocycles. The lowest BCUT2D eigenvalue weighted by Crippen LogP contribution is -2.38. The minimum Gasteiger partial charge on any atom is -0.329 e. The van der Waals surface area contributed by atoms with E-state index in [0.29, 0.717) is 27.3 Å². The summed E-state index contributed by atoms with van der Waals surface area (Å²) in [5.74, 6) is -0.548. The van der Waals surface area contributed by atoms with Crippen molar-refractivity contribution >= 4 is 51.5 Å². The first-order chi connectivity index (χ1) is 12.4. The fraction of sp³-hybridized carbons (Fsp3) is 0.389. The molecule has 8 heteroatoms. The van der Waals surface area contributed by atoms with Gasteiger partial charge in [0.05, 0.1) is 0 Å². The first kappa shape index (κ1) is 20.7. The van der Waals surface area contributed by atoms with Crippen LogP contribution in [0.2, 0.25) is 10.0 Å². The van der Waals surface area contributed by atoms with Crippen LogP contribution >= 0.6 is 34.5 Å². The maximum Gasteiger partial charge on any atom is 0.254 e. The molecule has 2 rings (SSSR count). The lowest BCUT2D eigenvalue weighted by atomic mass is 10.1. The number of carbonyl (C=O) groups excluding carboxylic acids is 2. The summed E-state index contributed by atoms with van der Waals surface area (Å²) in [5.41, 5.74) is 0.372. The second-order valence-corrected chi connectivity index (χ2v) is 8.02. The second-order valence-electron chi connectivity index (χ2n) is 5.92. The zero-order valence-corrected chi connectivity index (χ0v) is 17.0. The molecular weight excluding hydrogens is 393 g/mol. The largest absolute Gasteiger partial charge is 0.329 e. The number of hydrogen-bond donors (Lipinski definition) is 1. The minimum absolute atomic E-state index is 0.0503. The van der Waals surface area contributed by atoms with Gasteiger partial charge in [-0.05, 0) is 31.5 Å². The van der Waals surface area contributed by atoms with Crippen molar-refractivity contribution in [1.29, 1.82) is 0 Å². The van der Waals surface area contributed by atoms with Crippen LogP contribution in [0.5, 0.6) is 0 Å². The second kappa shape index (κ2) is 9.90. The first-order valence-corrected chi connectivity index (χ1v) is 9.94. The highest BCUT2D eigenvalue weighted by molar-refractivity contribution is 7.15. The van der Waals surface area contributed by atoms with Gasteiger partial charge in [0, 0.05) is 33.2 Å². The summed E-state index contributed by atoms with van der Waals surface area (Å²) < 4.78 is 0. The Morgan fingerprint density at radius 3 is 2.46 bits per heavy atom. The van der Waals surface area contributed by atoms with Crippen LogP contribution in [0.15, 0.2) is 24.4 Å². The number of aryl methyl sites for hydroxylation is 1. The molecule has 5 nitrogen and oxygen atoms in total. The quantitative estimate of drug-likeness (QED) is 0.617. The van der Waals surface area contributed by atoms with Crippen molar-refractivity contribution in [2.24, 2.45) is 0 Å². The summed E-state index contributed by atoms with van der Waals surface area (Å²) in [6.07, 6.45) is 4.52. The zero-order valence-electron chi connectivity index (χ0n) is 14.7. The van der Waals surface area contributed by atoms with Crippen LogP contribution < -0.4 is 5.32 Å². The molecule has 1 aromatic carbocycles. The third-order valence-electron chi connectivity index (χ3n) is 3.63. The summed E-state index contributed by atoms with van der Waals surface area (Å²) in [5, 5.41) is 4.03. The van der Waals surface area contributed by atoms with Crippen molar-refractivity contribution in [2.75, 3.05) is 18.4 Å². The van der Waals surface area contributed by atoms with E-state index in [9.17, 15) is 9.59 Å². The van der Waals surface area contributed by atoms with Gasteiger partial charge in [0.15, 0.2) is 5.13 Å². The predicted molar refractivity (Wildman–Crippen MR) is 107 cm³/mol. The Bertz CT molecular complexity index is 759. The van der Waals surface area contributed by atoms with E-state index in [-0.39, 0.29) is 18.4 Å². The van der Waals surface area contributed by atoms with Crippen LogP contribution in [-0.2, 0) is 4.79 Å². The molecule has 140 valence electrons. The normalized spacial score (nSPS) is 10.6. The molecule has 2 amide bonds. The molecule has 0 aliphatic carbocycles. The number of aromatic nitrogens is 1. The summed E-state index contributed by atoms with van der Waals surface area (Å²) in [7, 11) is 0. The molecule has 0 spiro atoms. The van der Waals surface area contributed by atoms with E-state index in [4.69, 9.17) is 23.2 Å². The Morgan fingerprint density at radius 2 is 1.88 bits per heavy atom. The highest BCUT2D eigenvalue weighted by atomic mass is 35.5. The zero-order chi connectivity index (χ0) is 19.1. The molecule has 2 aromatic rings. The standard InChI is InChI=1S/C18H21Cl2N3O2S/c1-3-4-5-6-23(11-16(24)22-18-21-10-12(2)26-18)17(25)13-7-14(19)9-15(20)8-13/h7-10H,3-6,11H2,1-2H3,(H,21,22,24). The fourth-order valence-corrected chi connectivity index (χ4v) is 3.62. The third-order valence-corrected chi connectivity index (χ3v) is 4.90. The van der Waals surface area contributed by atoms with Gasteiger partial charge in [-0.3, -0.25) is 9.59 Å². The van der Waals surface area contributed by atoms with Gasteiger partial charge in [-0.15, -0.1) is 11.3 Å². The molecule has 0 fully saturated rings. The van der Waals surface area contributed by atoms with Crippen LogP contribution in [0, 0.1) is 6.92 Å². The van der Waals surface area contributed by atoms with Gasteiger partial charge in [0.25, 0.3) is 5.91 Å². The number of nitrogens with zero attached hydrogens (tertiary/aromatic N) is 2. The number of benzene rings is 1. The lowest BCUT2D eigenvalue weighted by Gasteiger charge is -2.22. The van der Waals surface area contributed by atoms with Gasteiger partial charge in [-0.25, -0.2) is 4.98 Å². The topological polar surface area (TPSA) is 62.3 Å². The maximum absolute atomic E-state index is 12.9. The molecule has 1 N–H and O–H groups in total. The van der Waals surface area contributed by atoms with Gasteiger partial charge in [-0.1, -0.05) is 43.0 Å². The Kier molecular flexibility index (Phi) is 7.87. The molecule has 0 bridgehead atoms. The predicted octanol–water partition coefficient (Wildman–Crippen LogP) is 5.03. The van der Waals surface area contributed by atoms with E-state index in [1.165, 1.54) is 16.2 Å². The number of anilines is 1. The van der Waals surface area contributed by atoms with Crippen molar-refractivity contribution in [1.82, 2.24) is 9.88 Å². The number of hydrogen-bond acceptors (Lipinski definition) is 4. The van der Waals surface area contributed by atoms with Crippen molar-refractivity contribution in [3.05, 3.63) is 44.9 Å². The van der Waals surface area contributed by atoms with Crippen molar-refractivity contribution in [3.63, 3.8) is 0 Å². The van der Waals surface area contributed by atoms with Crippen LogP contribution in [0.4, 0.5) is 5.13 Å². The Morgan fingerprint density at radius 1 is 1.19 bits per heavy atom. The average molecular weight is 414 g/mol. The fourth-order valence-electron chi connectivity index (χ4n) is 2.41. The minimum atomic E-state index is -0.280. The molecule has 0 radical (unpaired) electrons. The van der Waals surface area contributed by atoms with E-state index in [1.54, 1.807) is 24.4 Å². The number of unbranched alkanes of at least 4 members (excludes halogenated alkanes) is 2. The van der Waals surface area contributed by atoms with E-state index < -0.39 is 0 Å². The third kappa shape index (κ3) is 6.27. The number of halogens is 2. The van der Waals surface area contributed by atoms with Gasteiger partial charge in [-0.2, -0.15) is 0 Å². The first-order valence-electron chi connectivity index (χ1n) is 8.36. The van der Waals surface area contributed by atoms with Crippen molar-refractivity contribution in [3.8, 4) is 0 Å². The number of carbonyl (C=O) groups is 2. The SMILES string of the molecule is CCCCCN(CC(=O)Nc1ncc(C)s1)C(=O)c1cc(Cl)cc(Cl)c1. The Hall–Kier alpha value is -1.63. The van der Waals surface area contributed by atoms with Gasteiger partial charge in [0.2, 0.25) is 5.91 Å². The van der Waals surface area contributed by atoms with E-state index in [0.717, 1.165) is 24.1 Å². The number of nitrogens with one attached hydrogen (secondary N) is 1. The summed E-state index contributed by atoms with van der Waals surface area (Å²) in [6.45, 7) is 4.43. The molecule has 0 aliphatic rings. The summed E-state index contributed by atoms with van der Waals surface area (Å²) in [6, 6.07) is 4.69. The molecule has 0 atom stereocenters. The van der Waals surface area contributed by atoms with Gasteiger partial charge in [0.1, 0.15) is 6.54 Å². The molecular formula is C18H21Cl2N3O2S. The van der Waals surface area contributed by atoms with Gasteiger partial charge >= 0.3 is 0 Å². The van der Waals surface area contributed by atoms with E-state index in [2.05, 4.69) is 17.2 Å². The lowest BCUT2D eigenvalue weighted by molar-refractivity contribution is -0.116. The maximum atomic E-state index is 12.9. The van der Waals surface area contributed by atoms with Gasteiger partial charge < -0.3 is 10.2 Å². The Balaban J connectivity index is 2.10.